The molecule has 0 saturated carbocycles. The number of benzene rings is 1. The van der Waals surface area contributed by atoms with E-state index in [9.17, 15) is 5.11 Å². The van der Waals surface area contributed by atoms with Gasteiger partial charge < -0.3 is 14.3 Å². The van der Waals surface area contributed by atoms with Crippen LogP contribution in [0.15, 0.2) is 33.9 Å². The Morgan fingerprint density at radius 3 is 2.67 bits per heavy atom. The van der Waals surface area contributed by atoms with Gasteiger partial charge >= 0.3 is 0 Å². The van der Waals surface area contributed by atoms with Crippen LogP contribution < -0.4 is 0 Å². The first kappa shape index (κ1) is 16.3. The van der Waals surface area contributed by atoms with Crippen LogP contribution in [0.3, 0.4) is 0 Å². The van der Waals surface area contributed by atoms with E-state index in [1.807, 2.05) is 26.0 Å². The van der Waals surface area contributed by atoms with Crippen LogP contribution in [-0.4, -0.2) is 39.9 Å². The molecule has 1 atom stereocenters. The zero-order valence-corrected chi connectivity index (χ0v) is 13.4. The van der Waals surface area contributed by atoms with E-state index < -0.39 is 6.10 Å². The quantitative estimate of drug-likeness (QED) is 0.787. The maximum absolute atomic E-state index is 9.76. The molecule has 21 heavy (non-hydrogen) atoms. The lowest BCUT2D eigenvalue weighted by molar-refractivity contribution is 0.0152. The molecule has 0 bridgehead atoms. The molecule has 0 aliphatic heterocycles. The van der Waals surface area contributed by atoms with Gasteiger partial charge in [-0.2, -0.15) is 0 Å². The smallest absolute Gasteiger partial charge is 0.276 e. The number of thioether (sulfide) groups is 1. The van der Waals surface area contributed by atoms with Gasteiger partial charge in [0.05, 0.1) is 18.8 Å². The molecule has 2 rings (SSSR count). The minimum atomic E-state index is -0.566. The van der Waals surface area contributed by atoms with E-state index in [-0.39, 0.29) is 6.10 Å². The highest BCUT2D eigenvalue weighted by molar-refractivity contribution is 7.99. The van der Waals surface area contributed by atoms with E-state index in [0.717, 1.165) is 5.56 Å². The number of hydrogen-bond acceptors (Lipinski definition) is 6. The van der Waals surface area contributed by atoms with Crippen LogP contribution in [0.1, 0.15) is 13.8 Å². The van der Waals surface area contributed by atoms with Crippen molar-refractivity contribution in [2.45, 2.75) is 31.3 Å². The van der Waals surface area contributed by atoms with Crippen LogP contribution in [0.4, 0.5) is 0 Å². The average Bonchev–Trinajstić information content (AvgIpc) is 2.92. The molecular formula is C14H17ClN2O3S. The van der Waals surface area contributed by atoms with E-state index in [1.54, 1.807) is 12.1 Å². The Bertz CT molecular complexity index is 560. The molecule has 114 valence electrons. The summed E-state index contributed by atoms with van der Waals surface area (Å²) in [4.78, 5) is 0. The van der Waals surface area contributed by atoms with Crippen molar-refractivity contribution in [3.05, 3.63) is 29.3 Å². The minimum Gasteiger partial charge on any atom is -0.411 e. The van der Waals surface area contributed by atoms with Crippen LogP contribution in [-0.2, 0) is 4.74 Å². The zero-order valence-electron chi connectivity index (χ0n) is 11.8. The second-order valence-corrected chi connectivity index (χ2v) is 6.13. The SMILES string of the molecule is CC(C)OCC(O)CSc1nnc(-c2ccc(Cl)cc2)o1. The number of aromatic nitrogens is 2. The summed E-state index contributed by atoms with van der Waals surface area (Å²) in [6.45, 7) is 4.15. The number of nitrogens with zero attached hydrogens (tertiary/aromatic N) is 2. The summed E-state index contributed by atoms with van der Waals surface area (Å²) in [6.07, 6.45) is -0.465. The summed E-state index contributed by atoms with van der Waals surface area (Å²) >= 11 is 7.13. The van der Waals surface area contributed by atoms with Gasteiger partial charge in [0.25, 0.3) is 5.22 Å². The van der Waals surface area contributed by atoms with Crippen molar-refractivity contribution in [3.63, 3.8) is 0 Å². The van der Waals surface area contributed by atoms with Crippen molar-refractivity contribution in [2.24, 2.45) is 0 Å². The topological polar surface area (TPSA) is 68.4 Å². The van der Waals surface area contributed by atoms with Gasteiger partial charge in [-0.3, -0.25) is 0 Å². The molecule has 0 aliphatic rings. The van der Waals surface area contributed by atoms with Gasteiger partial charge in [0, 0.05) is 16.3 Å². The predicted octanol–water partition coefficient (Wildman–Crippen LogP) is 3.27. The molecule has 1 aromatic carbocycles. The van der Waals surface area contributed by atoms with E-state index in [1.165, 1.54) is 11.8 Å². The number of ether oxygens (including phenoxy) is 1. The van der Waals surface area contributed by atoms with Gasteiger partial charge in [0.1, 0.15) is 0 Å². The third-order valence-electron chi connectivity index (χ3n) is 2.52. The van der Waals surface area contributed by atoms with Crippen molar-refractivity contribution in [3.8, 4) is 11.5 Å². The normalized spacial score (nSPS) is 12.8. The summed E-state index contributed by atoms with van der Waals surface area (Å²) < 4.78 is 10.9. The first-order chi connectivity index (χ1) is 10.0. The summed E-state index contributed by atoms with van der Waals surface area (Å²) in [5.41, 5.74) is 0.808. The van der Waals surface area contributed by atoms with Gasteiger partial charge in [-0.25, -0.2) is 0 Å². The van der Waals surface area contributed by atoms with Crippen molar-refractivity contribution in [1.29, 1.82) is 0 Å². The highest BCUT2D eigenvalue weighted by Crippen LogP contribution is 2.24. The van der Waals surface area contributed by atoms with Gasteiger partial charge in [-0.05, 0) is 38.1 Å². The Hall–Kier alpha value is -1.08. The fourth-order valence-electron chi connectivity index (χ4n) is 1.50. The van der Waals surface area contributed by atoms with Crippen LogP contribution in [0, 0.1) is 0 Å². The second-order valence-electron chi connectivity index (χ2n) is 4.73. The van der Waals surface area contributed by atoms with E-state index in [0.29, 0.717) is 28.5 Å². The molecular weight excluding hydrogens is 312 g/mol. The van der Waals surface area contributed by atoms with Crippen molar-refractivity contribution < 1.29 is 14.3 Å². The lowest BCUT2D eigenvalue weighted by atomic mass is 10.2. The standard InChI is InChI=1S/C14H17ClN2O3S/c1-9(2)19-7-12(18)8-21-14-17-16-13(20-14)10-3-5-11(15)6-4-10/h3-6,9,12,18H,7-8H2,1-2H3. The van der Waals surface area contributed by atoms with Crippen molar-refractivity contribution in [2.75, 3.05) is 12.4 Å². The molecule has 0 saturated heterocycles. The van der Waals surface area contributed by atoms with Crippen molar-refractivity contribution >= 4 is 23.4 Å². The molecule has 1 N–H and O–H groups in total. The third-order valence-corrected chi connectivity index (χ3v) is 3.73. The second kappa shape index (κ2) is 7.79. The van der Waals surface area contributed by atoms with Gasteiger partial charge in [-0.1, -0.05) is 23.4 Å². The zero-order chi connectivity index (χ0) is 15.2. The Morgan fingerprint density at radius 2 is 2.00 bits per heavy atom. The van der Waals surface area contributed by atoms with Crippen LogP contribution in [0.2, 0.25) is 5.02 Å². The molecule has 0 radical (unpaired) electrons. The number of hydrogen-bond donors (Lipinski definition) is 1. The largest absolute Gasteiger partial charge is 0.411 e. The minimum absolute atomic E-state index is 0.101. The molecule has 0 spiro atoms. The first-order valence-electron chi connectivity index (χ1n) is 6.56. The molecule has 0 amide bonds. The predicted molar refractivity (Wildman–Crippen MR) is 82.6 cm³/mol. The Labute approximate surface area is 132 Å². The number of rotatable bonds is 7. The van der Waals surface area contributed by atoms with E-state index >= 15 is 0 Å². The first-order valence-corrected chi connectivity index (χ1v) is 7.93. The molecule has 0 aliphatic carbocycles. The maximum Gasteiger partial charge on any atom is 0.276 e. The monoisotopic (exact) mass is 328 g/mol. The molecule has 0 fully saturated rings. The average molecular weight is 329 g/mol. The van der Waals surface area contributed by atoms with Crippen LogP contribution >= 0.6 is 23.4 Å². The molecule has 1 unspecified atom stereocenters. The molecule has 1 heterocycles. The Kier molecular flexibility index (Phi) is 6.05. The summed E-state index contributed by atoms with van der Waals surface area (Å²) in [7, 11) is 0. The lowest BCUT2D eigenvalue weighted by Gasteiger charge is -2.11. The van der Waals surface area contributed by atoms with Crippen LogP contribution in [0.25, 0.3) is 11.5 Å². The fourth-order valence-corrected chi connectivity index (χ4v) is 2.29. The molecule has 5 nitrogen and oxygen atoms in total. The summed E-state index contributed by atoms with van der Waals surface area (Å²) in [5, 5.41) is 18.8. The molecule has 2 aromatic rings. The maximum atomic E-state index is 9.76. The van der Waals surface area contributed by atoms with Gasteiger partial charge in [0.15, 0.2) is 0 Å². The molecule has 7 heteroatoms. The van der Waals surface area contributed by atoms with E-state index in [4.69, 9.17) is 20.8 Å². The fraction of sp³-hybridized carbons (Fsp3) is 0.429. The highest BCUT2D eigenvalue weighted by Gasteiger charge is 2.12. The Morgan fingerprint density at radius 1 is 1.29 bits per heavy atom. The van der Waals surface area contributed by atoms with Crippen molar-refractivity contribution in [1.82, 2.24) is 10.2 Å². The highest BCUT2D eigenvalue weighted by atomic mass is 35.5. The summed E-state index contributed by atoms with van der Waals surface area (Å²) in [5.74, 6) is 0.872. The number of aliphatic hydroxyl groups excluding tert-OH is 1. The summed E-state index contributed by atoms with van der Waals surface area (Å²) in [6, 6.07) is 7.16. The number of halogens is 1. The lowest BCUT2D eigenvalue weighted by Crippen LogP contribution is -2.20. The van der Waals surface area contributed by atoms with Gasteiger partial charge in [-0.15, -0.1) is 10.2 Å². The van der Waals surface area contributed by atoms with Crippen LogP contribution in [0.5, 0.6) is 0 Å². The van der Waals surface area contributed by atoms with Gasteiger partial charge in [0.2, 0.25) is 5.89 Å². The number of aliphatic hydroxyl groups is 1. The third kappa shape index (κ3) is 5.32. The molecule has 1 aromatic heterocycles. The Balaban J connectivity index is 1.87. The van der Waals surface area contributed by atoms with E-state index in [2.05, 4.69) is 10.2 Å².